The maximum absolute atomic E-state index is 11.8. The summed E-state index contributed by atoms with van der Waals surface area (Å²) < 4.78 is 0. The molecule has 0 spiro atoms. The van der Waals surface area contributed by atoms with E-state index in [2.05, 4.69) is 31.3 Å². The Morgan fingerprint density at radius 1 is 1.29 bits per heavy atom. The highest BCUT2D eigenvalue weighted by atomic mass is 16.3. The van der Waals surface area contributed by atoms with Crippen molar-refractivity contribution in [2.75, 3.05) is 6.54 Å². The Balaban J connectivity index is 1.84. The summed E-state index contributed by atoms with van der Waals surface area (Å²) >= 11 is 0. The topological polar surface area (TPSA) is 49.3 Å². The molecule has 2 N–H and O–H groups in total. The molecule has 0 bridgehead atoms. The number of hydrogen-bond acceptors (Lipinski definition) is 2. The van der Waals surface area contributed by atoms with Gasteiger partial charge < -0.3 is 10.4 Å². The molecule has 114 valence electrons. The molecule has 0 atom stereocenters. The van der Waals surface area contributed by atoms with Gasteiger partial charge in [0.2, 0.25) is 5.91 Å². The molecule has 21 heavy (non-hydrogen) atoms. The monoisotopic (exact) mass is 287 g/mol. The van der Waals surface area contributed by atoms with E-state index in [1.54, 1.807) is 6.08 Å². The highest BCUT2D eigenvalue weighted by Crippen LogP contribution is 2.28. The molecule has 0 unspecified atom stereocenters. The van der Waals surface area contributed by atoms with Gasteiger partial charge in [-0.25, -0.2) is 0 Å². The molecular weight excluding hydrogens is 262 g/mol. The average Bonchev–Trinajstić information content (AvgIpc) is 2.91. The number of rotatable bonds is 5. The Bertz CT molecular complexity index is 496. The highest BCUT2D eigenvalue weighted by molar-refractivity contribution is 5.91. The third kappa shape index (κ3) is 4.71. The van der Waals surface area contributed by atoms with E-state index < -0.39 is 5.60 Å². The van der Waals surface area contributed by atoms with Crippen molar-refractivity contribution in [2.24, 2.45) is 0 Å². The Morgan fingerprint density at radius 2 is 1.90 bits per heavy atom. The zero-order chi connectivity index (χ0) is 15.3. The predicted octanol–water partition coefficient (Wildman–Crippen LogP) is 3.24. The van der Waals surface area contributed by atoms with Crippen molar-refractivity contribution in [3.63, 3.8) is 0 Å². The van der Waals surface area contributed by atoms with Gasteiger partial charge >= 0.3 is 0 Å². The second kappa shape index (κ2) is 6.90. The van der Waals surface area contributed by atoms with Crippen molar-refractivity contribution in [3.05, 3.63) is 41.5 Å². The van der Waals surface area contributed by atoms with E-state index in [0.717, 1.165) is 31.2 Å². The number of hydrogen-bond donors (Lipinski definition) is 2. The summed E-state index contributed by atoms with van der Waals surface area (Å²) in [5.41, 5.74) is 1.61. The first kappa shape index (κ1) is 15.8. The highest BCUT2D eigenvalue weighted by Gasteiger charge is 2.30. The Hall–Kier alpha value is -1.61. The van der Waals surface area contributed by atoms with E-state index in [1.165, 1.54) is 11.6 Å². The van der Waals surface area contributed by atoms with Crippen LogP contribution in [0.2, 0.25) is 0 Å². The van der Waals surface area contributed by atoms with Crippen molar-refractivity contribution in [1.29, 1.82) is 0 Å². The van der Waals surface area contributed by atoms with E-state index in [1.807, 2.05) is 12.1 Å². The van der Waals surface area contributed by atoms with Gasteiger partial charge in [-0.15, -0.1) is 0 Å². The van der Waals surface area contributed by atoms with E-state index in [-0.39, 0.29) is 5.91 Å². The van der Waals surface area contributed by atoms with Crippen LogP contribution in [0, 0.1) is 0 Å². The van der Waals surface area contributed by atoms with Gasteiger partial charge in [0, 0.05) is 12.6 Å². The van der Waals surface area contributed by atoms with Gasteiger partial charge in [-0.1, -0.05) is 51.0 Å². The maximum Gasteiger partial charge on any atom is 0.244 e. The van der Waals surface area contributed by atoms with Crippen molar-refractivity contribution >= 4 is 12.0 Å². The summed E-state index contributed by atoms with van der Waals surface area (Å²) in [4.78, 5) is 11.8. The molecule has 0 aromatic heterocycles. The van der Waals surface area contributed by atoms with E-state index in [9.17, 15) is 9.90 Å². The summed E-state index contributed by atoms with van der Waals surface area (Å²) in [6.45, 7) is 4.67. The summed E-state index contributed by atoms with van der Waals surface area (Å²) in [5.74, 6) is 0.363. The van der Waals surface area contributed by atoms with Gasteiger partial charge in [0.25, 0.3) is 0 Å². The fourth-order valence-electron chi connectivity index (χ4n) is 2.68. The molecule has 0 saturated heterocycles. The van der Waals surface area contributed by atoms with Crippen molar-refractivity contribution in [1.82, 2.24) is 5.32 Å². The fourth-order valence-corrected chi connectivity index (χ4v) is 2.68. The first-order valence-electron chi connectivity index (χ1n) is 7.77. The van der Waals surface area contributed by atoms with Crippen LogP contribution in [0.1, 0.15) is 56.6 Å². The fraction of sp³-hybridized carbons (Fsp3) is 0.500. The van der Waals surface area contributed by atoms with Crippen LogP contribution in [0.5, 0.6) is 0 Å². The molecular formula is C18H25NO2. The first-order valence-corrected chi connectivity index (χ1v) is 7.77. The van der Waals surface area contributed by atoms with Crippen LogP contribution in [0.4, 0.5) is 0 Å². The molecule has 1 aromatic rings. The molecule has 1 aromatic carbocycles. The van der Waals surface area contributed by atoms with Gasteiger partial charge in [0.05, 0.1) is 5.60 Å². The number of aliphatic hydroxyl groups is 1. The van der Waals surface area contributed by atoms with Gasteiger partial charge in [0.15, 0.2) is 0 Å². The van der Waals surface area contributed by atoms with Crippen LogP contribution < -0.4 is 5.32 Å². The lowest BCUT2D eigenvalue weighted by Gasteiger charge is -2.21. The lowest BCUT2D eigenvalue weighted by atomic mass is 10.0. The minimum Gasteiger partial charge on any atom is -0.388 e. The second-order valence-corrected chi connectivity index (χ2v) is 6.30. The number of nitrogens with one attached hydrogen (secondary N) is 1. The maximum atomic E-state index is 11.8. The molecule has 3 heteroatoms. The molecule has 1 fully saturated rings. The molecule has 0 aliphatic heterocycles. The lowest BCUT2D eigenvalue weighted by Crippen LogP contribution is -2.40. The van der Waals surface area contributed by atoms with Gasteiger partial charge in [-0.2, -0.15) is 0 Å². The molecule has 0 radical (unpaired) electrons. The minimum atomic E-state index is -0.692. The molecule has 1 amide bonds. The molecule has 0 heterocycles. The third-order valence-electron chi connectivity index (χ3n) is 4.16. The Morgan fingerprint density at radius 3 is 2.48 bits per heavy atom. The summed E-state index contributed by atoms with van der Waals surface area (Å²) in [5, 5.41) is 13.0. The standard InChI is InChI=1S/C18H25NO2/c1-14(2)16-8-5-15(6-9-16)7-10-17(20)19-13-18(21)11-3-4-12-18/h5-10,14,21H,3-4,11-13H2,1-2H3,(H,19,20). The van der Waals surface area contributed by atoms with Crippen LogP contribution in [0.25, 0.3) is 6.08 Å². The van der Waals surface area contributed by atoms with Gasteiger partial charge in [-0.3, -0.25) is 4.79 Å². The van der Waals surface area contributed by atoms with Crippen LogP contribution >= 0.6 is 0 Å². The minimum absolute atomic E-state index is 0.150. The van der Waals surface area contributed by atoms with Gasteiger partial charge in [-0.05, 0) is 36.0 Å². The number of benzene rings is 1. The van der Waals surface area contributed by atoms with Crippen LogP contribution in [0.15, 0.2) is 30.3 Å². The lowest BCUT2D eigenvalue weighted by molar-refractivity contribution is -0.117. The first-order chi connectivity index (χ1) is 9.98. The largest absolute Gasteiger partial charge is 0.388 e. The SMILES string of the molecule is CC(C)c1ccc(C=CC(=O)NCC2(O)CCCC2)cc1. The molecule has 2 rings (SSSR count). The summed E-state index contributed by atoms with van der Waals surface area (Å²) in [6.07, 6.45) is 7.00. The van der Waals surface area contributed by atoms with E-state index in [4.69, 9.17) is 0 Å². The quantitative estimate of drug-likeness (QED) is 0.817. The third-order valence-corrected chi connectivity index (χ3v) is 4.16. The van der Waals surface area contributed by atoms with Crippen LogP contribution in [-0.4, -0.2) is 23.2 Å². The normalized spacial score (nSPS) is 17.5. The number of carbonyl (C=O) groups is 1. The number of carbonyl (C=O) groups excluding carboxylic acids is 1. The smallest absolute Gasteiger partial charge is 0.244 e. The zero-order valence-electron chi connectivity index (χ0n) is 12.9. The van der Waals surface area contributed by atoms with Crippen molar-refractivity contribution < 1.29 is 9.90 Å². The summed E-state index contributed by atoms with van der Waals surface area (Å²) in [7, 11) is 0. The van der Waals surface area contributed by atoms with Gasteiger partial charge in [0.1, 0.15) is 0 Å². The van der Waals surface area contributed by atoms with Crippen molar-refractivity contribution in [3.8, 4) is 0 Å². The van der Waals surface area contributed by atoms with Crippen LogP contribution in [-0.2, 0) is 4.79 Å². The molecule has 1 aliphatic rings. The van der Waals surface area contributed by atoms with Crippen LogP contribution in [0.3, 0.4) is 0 Å². The zero-order valence-corrected chi connectivity index (χ0v) is 12.9. The predicted molar refractivity (Wildman–Crippen MR) is 86.0 cm³/mol. The van der Waals surface area contributed by atoms with E-state index in [0.29, 0.717) is 12.5 Å². The molecule has 3 nitrogen and oxygen atoms in total. The second-order valence-electron chi connectivity index (χ2n) is 6.30. The average molecular weight is 287 g/mol. The Kier molecular flexibility index (Phi) is 5.18. The number of amides is 1. The Labute approximate surface area is 127 Å². The molecule has 1 saturated carbocycles. The summed E-state index contributed by atoms with van der Waals surface area (Å²) in [6, 6.07) is 8.21. The van der Waals surface area contributed by atoms with E-state index >= 15 is 0 Å². The molecule has 1 aliphatic carbocycles. The van der Waals surface area contributed by atoms with Crippen molar-refractivity contribution in [2.45, 2.75) is 51.0 Å².